The molecule has 0 atom stereocenters. The van der Waals surface area contributed by atoms with Crippen molar-refractivity contribution in [2.24, 2.45) is 0 Å². The van der Waals surface area contributed by atoms with Crippen LogP contribution in [-0.4, -0.2) is 24.9 Å². The van der Waals surface area contributed by atoms with Gasteiger partial charge in [-0.3, -0.25) is 4.72 Å². The van der Waals surface area contributed by atoms with Crippen LogP contribution >= 0.6 is 0 Å². The average molecular weight is 290 g/mol. The summed E-state index contributed by atoms with van der Waals surface area (Å²) in [5, 5.41) is 3.22. The second kappa shape index (κ2) is 5.09. The van der Waals surface area contributed by atoms with Gasteiger partial charge in [0.25, 0.3) is 10.0 Å². The standard InChI is InChI=1S/C13H14N4O2S/c18-20(19,17-11-7-14-9-15-8-11)12-4-3-10-2-1-5-16-13(10)6-12/h3-4,6-9,16-17H,1-2,5H2. The summed E-state index contributed by atoms with van der Waals surface area (Å²) in [4.78, 5) is 7.80. The fourth-order valence-electron chi connectivity index (χ4n) is 2.17. The van der Waals surface area contributed by atoms with E-state index in [4.69, 9.17) is 0 Å². The Morgan fingerprint density at radius 2 is 2.00 bits per heavy atom. The van der Waals surface area contributed by atoms with Gasteiger partial charge in [-0.2, -0.15) is 0 Å². The molecular weight excluding hydrogens is 276 g/mol. The minimum atomic E-state index is -3.62. The predicted molar refractivity (Wildman–Crippen MR) is 76.1 cm³/mol. The minimum Gasteiger partial charge on any atom is -0.385 e. The molecule has 1 aromatic heterocycles. The van der Waals surface area contributed by atoms with E-state index < -0.39 is 10.0 Å². The van der Waals surface area contributed by atoms with Gasteiger partial charge >= 0.3 is 0 Å². The molecule has 1 aromatic carbocycles. The Morgan fingerprint density at radius 1 is 1.20 bits per heavy atom. The highest BCUT2D eigenvalue weighted by Gasteiger charge is 2.17. The topological polar surface area (TPSA) is 84.0 Å². The fourth-order valence-corrected chi connectivity index (χ4v) is 3.23. The molecule has 1 aliphatic heterocycles. The highest BCUT2D eigenvalue weighted by molar-refractivity contribution is 7.92. The summed E-state index contributed by atoms with van der Waals surface area (Å²) < 4.78 is 27.0. The molecule has 0 radical (unpaired) electrons. The number of sulfonamides is 1. The number of anilines is 2. The monoisotopic (exact) mass is 290 g/mol. The van der Waals surface area contributed by atoms with E-state index in [1.54, 1.807) is 12.1 Å². The van der Waals surface area contributed by atoms with Crippen LogP contribution in [0.5, 0.6) is 0 Å². The molecule has 104 valence electrons. The van der Waals surface area contributed by atoms with Crippen molar-refractivity contribution in [1.82, 2.24) is 9.97 Å². The molecule has 20 heavy (non-hydrogen) atoms. The van der Waals surface area contributed by atoms with E-state index in [2.05, 4.69) is 20.0 Å². The van der Waals surface area contributed by atoms with Gasteiger partial charge < -0.3 is 5.32 Å². The fraction of sp³-hybridized carbons (Fsp3) is 0.231. The third-order valence-electron chi connectivity index (χ3n) is 3.14. The van der Waals surface area contributed by atoms with Crippen molar-refractivity contribution in [1.29, 1.82) is 0 Å². The van der Waals surface area contributed by atoms with E-state index in [1.807, 2.05) is 6.07 Å². The number of hydrogen-bond donors (Lipinski definition) is 2. The van der Waals surface area contributed by atoms with Crippen molar-refractivity contribution in [3.8, 4) is 0 Å². The van der Waals surface area contributed by atoms with Crippen molar-refractivity contribution in [2.75, 3.05) is 16.6 Å². The molecule has 0 saturated carbocycles. The lowest BCUT2D eigenvalue weighted by molar-refractivity contribution is 0.601. The Morgan fingerprint density at radius 3 is 2.80 bits per heavy atom. The van der Waals surface area contributed by atoms with Gasteiger partial charge in [0, 0.05) is 12.2 Å². The third-order valence-corrected chi connectivity index (χ3v) is 4.52. The Labute approximate surface area is 117 Å². The summed E-state index contributed by atoms with van der Waals surface area (Å²) >= 11 is 0. The number of nitrogens with zero attached hydrogens (tertiary/aromatic N) is 2. The number of nitrogens with one attached hydrogen (secondary N) is 2. The molecular formula is C13H14N4O2S. The molecule has 2 N–H and O–H groups in total. The zero-order valence-electron chi connectivity index (χ0n) is 10.7. The number of fused-ring (bicyclic) bond motifs is 1. The summed E-state index contributed by atoms with van der Waals surface area (Å²) in [6, 6.07) is 5.15. The molecule has 7 heteroatoms. The van der Waals surface area contributed by atoms with Crippen LogP contribution in [0.3, 0.4) is 0 Å². The van der Waals surface area contributed by atoms with E-state index in [9.17, 15) is 8.42 Å². The lowest BCUT2D eigenvalue weighted by Crippen LogP contribution is -2.16. The molecule has 0 fully saturated rings. The Bertz CT molecular complexity index is 716. The van der Waals surface area contributed by atoms with Crippen LogP contribution in [-0.2, 0) is 16.4 Å². The second-order valence-corrected chi connectivity index (χ2v) is 6.26. The van der Waals surface area contributed by atoms with Crippen LogP contribution in [0.15, 0.2) is 41.8 Å². The lowest BCUT2D eigenvalue weighted by Gasteiger charge is -2.18. The van der Waals surface area contributed by atoms with E-state index in [0.29, 0.717) is 5.69 Å². The Kier molecular flexibility index (Phi) is 3.27. The van der Waals surface area contributed by atoms with Gasteiger partial charge in [-0.1, -0.05) is 6.07 Å². The second-order valence-electron chi connectivity index (χ2n) is 4.58. The van der Waals surface area contributed by atoms with Crippen LogP contribution in [0.1, 0.15) is 12.0 Å². The summed E-state index contributed by atoms with van der Waals surface area (Å²) in [7, 11) is -3.62. The summed E-state index contributed by atoms with van der Waals surface area (Å²) in [5.74, 6) is 0. The normalized spacial score (nSPS) is 14.2. The van der Waals surface area contributed by atoms with Crippen LogP contribution in [0.4, 0.5) is 11.4 Å². The molecule has 0 saturated heterocycles. The van der Waals surface area contributed by atoms with E-state index >= 15 is 0 Å². The maximum Gasteiger partial charge on any atom is 0.262 e. The summed E-state index contributed by atoms with van der Waals surface area (Å²) in [6.45, 7) is 0.871. The first-order valence-electron chi connectivity index (χ1n) is 6.30. The van der Waals surface area contributed by atoms with E-state index in [-0.39, 0.29) is 4.90 Å². The highest BCUT2D eigenvalue weighted by atomic mass is 32.2. The predicted octanol–water partition coefficient (Wildman–Crippen LogP) is 1.64. The number of benzene rings is 1. The van der Waals surface area contributed by atoms with Gasteiger partial charge in [0.15, 0.2) is 0 Å². The molecule has 0 unspecified atom stereocenters. The molecule has 2 aromatic rings. The molecule has 2 heterocycles. The quantitative estimate of drug-likeness (QED) is 0.897. The first-order chi connectivity index (χ1) is 9.65. The van der Waals surface area contributed by atoms with Crippen molar-refractivity contribution in [3.05, 3.63) is 42.5 Å². The summed E-state index contributed by atoms with van der Waals surface area (Å²) in [5.41, 5.74) is 2.39. The van der Waals surface area contributed by atoms with Crippen LogP contribution in [0.2, 0.25) is 0 Å². The maximum atomic E-state index is 12.3. The van der Waals surface area contributed by atoms with Crippen molar-refractivity contribution in [2.45, 2.75) is 17.7 Å². The van der Waals surface area contributed by atoms with Crippen LogP contribution in [0, 0.1) is 0 Å². The van der Waals surface area contributed by atoms with E-state index in [0.717, 1.165) is 30.6 Å². The molecule has 1 aliphatic rings. The van der Waals surface area contributed by atoms with Crippen molar-refractivity contribution < 1.29 is 8.42 Å². The third kappa shape index (κ3) is 2.57. The Hall–Kier alpha value is -2.15. The molecule has 0 aliphatic carbocycles. The maximum absolute atomic E-state index is 12.3. The van der Waals surface area contributed by atoms with E-state index in [1.165, 1.54) is 18.7 Å². The van der Waals surface area contributed by atoms with Crippen molar-refractivity contribution >= 4 is 21.4 Å². The van der Waals surface area contributed by atoms with Gasteiger partial charge in [-0.15, -0.1) is 0 Å². The largest absolute Gasteiger partial charge is 0.385 e. The lowest BCUT2D eigenvalue weighted by atomic mass is 10.0. The molecule has 6 nitrogen and oxygen atoms in total. The molecule has 0 amide bonds. The van der Waals surface area contributed by atoms with Crippen molar-refractivity contribution in [3.63, 3.8) is 0 Å². The molecule has 0 bridgehead atoms. The van der Waals surface area contributed by atoms with Gasteiger partial charge in [0.05, 0.1) is 23.0 Å². The van der Waals surface area contributed by atoms with Gasteiger partial charge in [-0.05, 0) is 30.5 Å². The van der Waals surface area contributed by atoms with Gasteiger partial charge in [-0.25, -0.2) is 18.4 Å². The zero-order valence-corrected chi connectivity index (χ0v) is 11.5. The minimum absolute atomic E-state index is 0.231. The molecule has 3 rings (SSSR count). The van der Waals surface area contributed by atoms with Gasteiger partial charge in [0.1, 0.15) is 6.33 Å². The molecule has 0 spiro atoms. The smallest absolute Gasteiger partial charge is 0.262 e. The highest BCUT2D eigenvalue weighted by Crippen LogP contribution is 2.26. The number of aromatic nitrogens is 2. The zero-order chi connectivity index (χ0) is 14.0. The number of hydrogen-bond acceptors (Lipinski definition) is 5. The number of rotatable bonds is 3. The van der Waals surface area contributed by atoms with Crippen LogP contribution in [0.25, 0.3) is 0 Å². The van der Waals surface area contributed by atoms with Crippen LogP contribution < -0.4 is 10.0 Å². The first kappa shape index (κ1) is 12.9. The Balaban J connectivity index is 1.91. The SMILES string of the molecule is O=S(=O)(Nc1cncnc1)c1ccc2c(c1)NCCC2. The average Bonchev–Trinajstić information content (AvgIpc) is 2.47. The number of aryl methyl sites for hydroxylation is 1. The van der Waals surface area contributed by atoms with Gasteiger partial charge in [0.2, 0.25) is 0 Å². The summed E-state index contributed by atoms with van der Waals surface area (Å²) in [6.07, 6.45) is 6.23. The first-order valence-corrected chi connectivity index (χ1v) is 7.78.